The van der Waals surface area contributed by atoms with E-state index in [1.54, 1.807) is 0 Å². The Kier molecular flexibility index (Phi) is 4.57. The van der Waals surface area contributed by atoms with Crippen molar-refractivity contribution in [2.75, 3.05) is 6.26 Å². The van der Waals surface area contributed by atoms with Crippen molar-refractivity contribution in [2.45, 2.75) is 11.6 Å². The number of halogens is 3. The molecule has 0 aliphatic rings. The van der Waals surface area contributed by atoms with Crippen molar-refractivity contribution < 1.29 is 0 Å². The molecule has 0 aliphatic carbocycles. The molecular weight excluding hydrogens is 369 g/mol. The Morgan fingerprint density at radius 1 is 1.10 bits per heavy atom. The molecule has 0 amide bonds. The molecule has 0 N–H and O–H groups in total. The van der Waals surface area contributed by atoms with Crippen molar-refractivity contribution in [1.82, 2.24) is 15.0 Å². The molecule has 0 spiro atoms. The van der Waals surface area contributed by atoms with Gasteiger partial charge in [-0.05, 0) is 24.0 Å². The predicted molar refractivity (Wildman–Crippen MR) is 91.3 cm³/mol. The topological polar surface area (TPSA) is 38.7 Å². The normalized spacial score (nSPS) is 11.2. The summed E-state index contributed by atoms with van der Waals surface area (Å²) in [4.78, 5) is 13.9. The first kappa shape index (κ1) is 15.3. The summed E-state index contributed by atoms with van der Waals surface area (Å²) in [7, 11) is 0. The number of aromatic nitrogens is 3. The van der Waals surface area contributed by atoms with Gasteiger partial charge in [0.2, 0.25) is 0 Å². The molecule has 3 nitrogen and oxygen atoms in total. The SMILES string of the molecule is CSc1nc(Cl)c2nc(Cc3c(Cl)cccc3Cl)sc2n1. The fourth-order valence-electron chi connectivity index (χ4n) is 1.83. The van der Waals surface area contributed by atoms with Crippen molar-refractivity contribution in [1.29, 1.82) is 0 Å². The van der Waals surface area contributed by atoms with E-state index in [9.17, 15) is 0 Å². The van der Waals surface area contributed by atoms with Gasteiger partial charge in [0.1, 0.15) is 15.4 Å². The van der Waals surface area contributed by atoms with Crippen LogP contribution < -0.4 is 0 Å². The van der Waals surface area contributed by atoms with Crippen LogP contribution in [0.25, 0.3) is 10.3 Å². The number of hydrogen-bond donors (Lipinski definition) is 0. The first-order valence-electron chi connectivity index (χ1n) is 5.88. The lowest BCUT2D eigenvalue weighted by Crippen LogP contribution is -1.90. The highest BCUT2D eigenvalue weighted by Gasteiger charge is 2.14. The first-order valence-corrected chi connectivity index (χ1v) is 9.06. The molecule has 0 saturated heterocycles. The number of benzene rings is 1. The van der Waals surface area contributed by atoms with Crippen molar-refractivity contribution >= 4 is 68.2 Å². The molecule has 2 aromatic heterocycles. The minimum atomic E-state index is 0.372. The van der Waals surface area contributed by atoms with Crippen molar-refractivity contribution in [2.24, 2.45) is 0 Å². The van der Waals surface area contributed by atoms with Crippen LogP contribution in [-0.2, 0) is 6.42 Å². The summed E-state index contributed by atoms with van der Waals surface area (Å²) in [5.74, 6) is 0. The maximum Gasteiger partial charge on any atom is 0.190 e. The maximum absolute atomic E-state index is 6.19. The predicted octanol–water partition coefficient (Wildman–Crippen LogP) is 5.36. The average Bonchev–Trinajstić information content (AvgIpc) is 2.86. The van der Waals surface area contributed by atoms with Gasteiger partial charge in [-0.2, -0.15) is 0 Å². The molecular formula is C13H8Cl3N3S2. The number of nitrogens with zero attached hydrogens (tertiary/aromatic N) is 3. The highest BCUT2D eigenvalue weighted by atomic mass is 35.5. The summed E-state index contributed by atoms with van der Waals surface area (Å²) in [6.07, 6.45) is 2.45. The Labute approximate surface area is 144 Å². The van der Waals surface area contributed by atoms with E-state index in [-0.39, 0.29) is 0 Å². The fourth-order valence-corrected chi connectivity index (χ4v) is 4.05. The molecule has 3 rings (SSSR count). The molecule has 0 saturated carbocycles. The van der Waals surface area contributed by atoms with Crippen molar-refractivity contribution in [3.63, 3.8) is 0 Å². The van der Waals surface area contributed by atoms with Gasteiger partial charge in [0.25, 0.3) is 0 Å². The first-order chi connectivity index (χ1) is 10.1. The quantitative estimate of drug-likeness (QED) is 0.350. The molecule has 0 aliphatic heterocycles. The summed E-state index contributed by atoms with van der Waals surface area (Å²) >= 11 is 21.5. The Hall–Kier alpha value is -0.590. The third-order valence-corrected chi connectivity index (χ3v) is 5.28. The van der Waals surface area contributed by atoms with Gasteiger partial charge in [-0.3, -0.25) is 0 Å². The van der Waals surface area contributed by atoms with Gasteiger partial charge in [-0.15, -0.1) is 0 Å². The van der Waals surface area contributed by atoms with E-state index < -0.39 is 0 Å². The lowest BCUT2D eigenvalue weighted by molar-refractivity contribution is 1.01. The molecule has 0 bridgehead atoms. The van der Waals surface area contributed by atoms with Gasteiger partial charge in [0.15, 0.2) is 10.3 Å². The highest BCUT2D eigenvalue weighted by molar-refractivity contribution is 7.98. The lowest BCUT2D eigenvalue weighted by atomic mass is 10.1. The number of rotatable bonds is 3. The van der Waals surface area contributed by atoms with Crippen LogP contribution in [-0.4, -0.2) is 21.2 Å². The van der Waals surface area contributed by atoms with Crippen molar-refractivity contribution in [3.8, 4) is 0 Å². The van der Waals surface area contributed by atoms with E-state index >= 15 is 0 Å². The standard InChI is InChI=1S/C13H8Cl3N3S2/c1-20-13-18-11(16)10-12(19-13)21-9(17-10)5-6-7(14)3-2-4-8(6)15/h2-4H,5H2,1H3. The molecule has 0 unspecified atom stereocenters. The maximum atomic E-state index is 6.19. The molecule has 1 aromatic carbocycles. The average molecular weight is 377 g/mol. The second-order valence-corrected chi connectivity index (χ2v) is 7.15. The number of thioether (sulfide) groups is 1. The second kappa shape index (κ2) is 6.26. The zero-order valence-electron chi connectivity index (χ0n) is 10.7. The van der Waals surface area contributed by atoms with Gasteiger partial charge >= 0.3 is 0 Å². The van der Waals surface area contributed by atoms with E-state index in [2.05, 4.69) is 15.0 Å². The minimum Gasteiger partial charge on any atom is -0.236 e. The number of thiazole rings is 1. The van der Waals surface area contributed by atoms with Crippen LogP contribution in [0, 0.1) is 0 Å². The second-order valence-electron chi connectivity index (χ2n) is 4.14. The Morgan fingerprint density at radius 2 is 1.81 bits per heavy atom. The summed E-state index contributed by atoms with van der Waals surface area (Å²) in [6.45, 7) is 0. The molecule has 3 aromatic rings. The third kappa shape index (κ3) is 3.12. The highest BCUT2D eigenvalue weighted by Crippen LogP contribution is 2.32. The largest absolute Gasteiger partial charge is 0.236 e. The summed E-state index contributed by atoms with van der Waals surface area (Å²) in [5.41, 5.74) is 1.48. The smallest absolute Gasteiger partial charge is 0.190 e. The Balaban J connectivity index is 2.04. The van der Waals surface area contributed by atoms with Gasteiger partial charge in [-0.25, -0.2) is 15.0 Å². The zero-order valence-corrected chi connectivity index (χ0v) is 14.6. The minimum absolute atomic E-state index is 0.372. The van der Waals surface area contributed by atoms with Gasteiger partial charge in [0.05, 0.1) is 0 Å². The fraction of sp³-hybridized carbons (Fsp3) is 0.154. The van der Waals surface area contributed by atoms with Gasteiger partial charge in [-0.1, -0.05) is 64.0 Å². The van der Waals surface area contributed by atoms with Crippen molar-refractivity contribution in [3.05, 3.63) is 44.0 Å². The molecule has 0 atom stereocenters. The van der Waals surface area contributed by atoms with Gasteiger partial charge < -0.3 is 0 Å². The molecule has 21 heavy (non-hydrogen) atoms. The van der Waals surface area contributed by atoms with E-state index in [1.807, 2.05) is 24.5 Å². The van der Waals surface area contributed by atoms with Crippen LogP contribution >= 0.6 is 57.9 Å². The van der Waals surface area contributed by atoms with Crippen LogP contribution in [0.5, 0.6) is 0 Å². The molecule has 2 heterocycles. The molecule has 8 heteroatoms. The van der Waals surface area contributed by atoms with E-state index in [1.165, 1.54) is 23.1 Å². The number of fused-ring (bicyclic) bond motifs is 1. The monoisotopic (exact) mass is 375 g/mol. The molecule has 0 radical (unpaired) electrons. The zero-order chi connectivity index (χ0) is 15.0. The lowest BCUT2D eigenvalue weighted by Gasteiger charge is -2.03. The van der Waals surface area contributed by atoms with Crippen LogP contribution in [0.3, 0.4) is 0 Å². The van der Waals surface area contributed by atoms with E-state index in [4.69, 9.17) is 34.8 Å². The Bertz CT molecular complexity index is 800. The van der Waals surface area contributed by atoms with E-state index in [0.717, 1.165) is 15.4 Å². The summed E-state index contributed by atoms with van der Waals surface area (Å²) in [5, 5.41) is 3.12. The van der Waals surface area contributed by atoms with Crippen LogP contribution in [0.2, 0.25) is 15.2 Å². The summed E-state index contributed by atoms with van der Waals surface area (Å²) < 4.78 is 0. The third-order valence-electron chi connectivity index (χ3n) is 2.81. The molecule has 0 fully saturated rings. The van der Waals surface area contributed by atoms with E-state index in [0.29, 0.717) is 32.3 Å². The Morgan fingerprint density at radius 3 is 2.48 bits per heavy atom. The molecule has 108 valence electrons. The van der Waals surface area contributed by atoms with Crippen LogP contribution in [0.15, 0.2) is 23.4 Å². The number of hydrogen-bond acceptors (Lipinski definition) is 5. The van der Waals surface area contributed by atoms with Crippen LogP contribution in [0.4, 0.5) is 0 Å². The van der Waals surface area contributed by atoms with Crippen LogP contribution in [0.1, 0.15) is 10.6 Å². The summed E-state index contributed by atoms with van der Waals surface area (Å²) in [6, 6.07) is 5.45. The van der Waals surface area contributed by atoms with Gasteiger partial charge in [0, 0.05) is 16.5 Å².